The molecule has 3 amide bonds. The van der Waals surface area contributed by atoms with E-state index >= 15 is 0 Å². The van der Waals surface area contributed by atoms with Crippen molar-refractivity contribution in [1.29, 1.82) is 0 Å². The number of aliphatic hydroxyl groups is 1. The summed E-state index contributed by atoms with van der Waals surface area (Å²) in [4.78, 5) is 64.2. The van der Waals surface area contributed by atoms with E-state index in [0.717, 1.165) is 43.1 Å². The van der Waals surface area contributed by atoms with Crippen LogP contribution in [-0.4, -0.2) is 71.3 Å². The number of hydrogen-bond acceptors (Lipinski definition) is 7. The van der Waals surface area contributed by atoms with Gasteiger partial charge in [-0.3, -0.25) is 24.0 Å². The molecular formula is C30H49N3O7. The van der Waals surface area contributed by atoms with Crippen molar-refractivity contribution in [3.05, 3.63) is 24.4 Å². The third-order valence-electron chi connectivity index (χ3n) is 7.08. The molecule has 0 aromatic heterocycles. The Kier molecular flexibility index (Phi) is 15.4. The van der Waals surface area contributed by atoms with Gasteiger partial charge in [-0.2, -0.15) is 0 Å². The number of hydrogen-bond donors (Lipinski definition) is 3. The van der Waals surface area contributed by atoms with Gasteiger partial charge in [-0.25, -0.2) is 0 Å². The number of likely N-dealkylation sites (N-methyl/N-ethyl adjacent to an activating group) is 1. The second-order valence-corrected chi connectivity index (χ2v) is 11.3. The number of nitrogens with one attached hydrogen (secondary N) is 2. The van der Waals surface area contributed by atoms with Crippen molar-refractivity contribution >= 4 is 29.5 Å². The van der Waals surface area contributed by atoms with E-state index in [2.05, 4.69) is 31.1 Å². The lowest BCUT2D eigenvalue weighted by Crippen LogP contribution is -2.55. The molecule has 10 nitrogen and oxygen atoms in total. The smallest absolute Gasteiger partial charge is 0.325 e. The average molecular weight is 564 g/mol. The van der Waals surface area contributed by atoms with Crippen molar-refractivity contribution < 1.29 is 33.8 Å². The predicted molar refractivity (Wildman–Crippen MR) is 153 cm³/mol. The molecule has 0 aliphatic carbocycles. The molecule has 1 aliphatic heterocycles. The van der Waals surface area contributed by atoms with Crippen LogP contribution < -0.4 is 10.6 Å². The number of amides is 3. The standard InChI is InChI=1S/C30H49N3O7/c1-21(2)15-13-11-9-7-8-10-12-14-16-24-23(4)28(37)30(5,39)29(38)31-19-25(34)32-22(3)17-18-26(35)33(6)20-27(36)40-24/h17-18,21,23-24,39H,3,7-16,19-20H2,1-2,4-6H3,(H,31,38)(H,32,34)/b18-17+/t23-,24-,30-/m1/s1. The highest BCUT2D eigenvalue weighted by Gasteiger charge is 2.44. The molecule has 0 spiro atoms. The Morgan fingerprint density at radius 1 is 1.02 bits per heavy atom. The van der Waals surface area contributed by atoms with Crippen molar-refractivity contribution in [2.75, 3.05) is 20.1 Å². The Hall–Kier alpha value is -3.01. The van der Waals surface area contributed by atoms with Gasteiger partial charge in [0.15, 0.2) is 11.4 Å². The van der Waals surface area contributed by atoms with Crippen LogP contribution in [0.4, 0.5) is 0 Å². The highest BCUT2D eigenvalue weighted by Crippen LogP contribution is 2.23. The van der Waals surface area contributed by atoms with Crippen LogP contribution in [0.15, 0.2) is 24.4 Å². The Morgan fingerprint density at radius 2 is 1.60 bits per heavy atom. The van der Waals surface area contributed by atoms with E-state index in [-0.39, 0.29) is 12.2 Å². The lowest BCUT2D eigenvalue weighted by molar-refractivity contribution is -0.162. The van der Waals surface area contributed by atoms with Crippen molar-refractivity contribution in [1.82, 2.24) is 15.5 Å². The summed E-state index contributed by atoms with van der Waals surface area (Å²) >= 11 is 0. The van der Waals surface area contributed by atoms with Gasteiger partial charge in [0.25, 0.3) is 5.91 Å². The third-order valence-corrected chi connectivity index (χ3v) is 7.08. The molecule has 0 fully saturated rings. The van der Waals surface area contributed by atoms with E-state index < -0.39 is 53.6 Å². The van der Waals surface area contributed by atoms with Gasteiger partial charge in [-0.15, -0.1) is 0 Å². The van der Waals surface area contributed by atoms with Crippen LogP contribution in [0, 0.1) is 11.8 Å². The Morgan fingerprint density at radius 3 is 2.20 bits per heavy atom. The zero-order chi connectivity index (χ0) is 30.3. The van der Waals surface area contributed by atoms with E-state index in [4.69, 9.17) is 4.74 Å². The zero-order valence-corrected chi connectivity index (χ0v) is 24.9. The summed E-state index contributed by atoms with van der Waals surface area (Å²) in [7, 11) is 1.42. The molecule has 0 saturated heterocycles. The maximum absolute atomic E-state index is 13.2. The molecule has 0 aromatic carbocycles. The van der Waals surface area contributed by atoms with Crippen LogP contribution in [0.25, 0.3) is 0 Å². The number of allylic oxidation sites excluding steroid dienone is 1. The number of rotatable bonds is 11. The first kappa shape index (κ1) is 35.0. The van der Waals surface area contributed by atoms with Crippen LogP contribution in [0.2, 0.25) is 0 Å². The summed E-state index contributed by atoms with van der Waals surface area (Å²) in [5.41, 5.74) is -2.37. The molecule has 10 heteroatoms. The molecule has 0 saturated carbocycles. The molecule has 3 atom stereocenters. The maximum atomic E-state index is 13.2. The highest BCUT2D eigenvalue weighted by molar-refractivity contribution is 6.10. The SMILES string of the molecule is C=C1/C=C/C(=O)N(C)CC(=O)O[C@H](CCCCCCCCCCC(C)C)[C@@H](C)C(=O)[C@@](C)(O)C(=O)NCC(=O)N1. The molecule has 1 aliphatic rings. The second-order valence-electron chi connectivity index (χ2n) is 11.3. The zero-order valence-electron chi connectivity index (χ0n) is 24.9. The lowest BCUT2D eigenvalue weighted by Gasteiger charge is -2.29. The minimum Gasteiger partial charge on any atom is -0.460 e. The molecule has 3 N–H and O–H groups in total. The molecule has 40 heavy (non-hydrogen) atoms. The third kappa shape index (κ3) is 12.9. The highest BCUT2D eigenvalue weighted by atomic mass is 16.5. The van der Waals surface area contributed by atoms with Gasteiger partial charge in [0.1, 0.15) is 12.6 Å². The number of Topliss-reactive ketones (excluding diaryl/α,β-unsaturated/α-hetero) is 1. The van der Waals surface area contributed by atoms with Crippen LogP contribution in [0.5, 0.6) is 0 Å². The average Bonchev–Trinajstić information content (AvgIpc) is 2.88. The Bertz CT molecular complexity index is 926. The number of carbonyl (C=O) groups is 5. The van der Waals surface area contributed by atoms with Gasteiger partial charge in [-0.1, -0.05) is 78.7 Å². The van der Waals surface area contributed by atoms with Gasteiger partial charge in [0.05, 0.1) is 12.5 Å². The van der Waals surface area contributed by atoms with E-state index in [9.17, 15) is 29.1 Å². The normalized spacial score (nSPS) is 24.9. The quantitative estimate of drug-likeness (QED) is 0.199. The summed E-state index contributed by atoms with van der Waals surface area (Å²) in [6, 6.07) is 0. The first-order chi connectivity index (χ1) is 18.7. The lowest BCUT2D eigenvalue weighted by atomic mass is 9.85. The minimum absolute atomic E-state index is 0.0792. The topological polar surface area (TPSA) is 142 Å². The molecule has 0 aromatic rings. The van der Waals surface area contributed by atoms with Gasteiger partial charge in [-0.05, 0) is 31.8 Å². The van der Waals surface area contributed by atoms with Crippen molar-refractivity contribution in [3.63, 3.8) is 0 Å². The summed E-state index contributed by atoms with van der Waals surface area (Å²) < 4.78 is 5.63. The van der Waals surface area contributed by atoms with Crippen LogP contribution in [-0.2, 0) is 28.7 Å². The number of unbranched alkanes of at least 4 members (excludes halogenated alkanes) is 7. The van der Waals surface area contributed by atoms with Crippen LogP contribution >= 0.6 is 0 Å². The molecular weight excluding hydrogens is 514 g/mol. The number of carbonyl (C=O) groups excluding carboxylic acids is 5. The Labute approximate surface area is 239 Å². The maximum Gasteiger partial charge on any atom is 0.325 e. The van der Waals surface area contributed by atoms with E-state index in [1.807, 2.05) is 0 Å². The van der Waals surface area contributed by atoms with Crippen LogP contribution in [0.3, 0.4) is 0 Å². The first-order valence-corrected chi connectivity index (χ1v) is 14.4. The van der Waals surface area contributed by atoms with E-state index in [1.165, 1.54) is 52.2 Å². The fourth-order valence-corrected chi connectivity index (χ4v) is 4.47. The van der Waals surface area contributed by atoms with E-state index in [0.29, 0.717) is 12.8 Å². The second kappa shape index (κ2) is 17.6. The number of ketones is 1. The van der Waals surface area contributed by atoms with Gasteiger partial charge in [0.2, 0.25) is 11.8 Å². The minimum atomic E-state index is -2.45. The summed E-state index contributed by atoms with van der Waals surface area (Å²) in [6.07, 6.45) is 11.7. The fourth-order valence-electron chi connectivity index (χ4n) is 4.47. The van der Waals surface area contributed by atoms with Gasteiger partial charge < -0.3 is 25.4 Å². The molecule has 1 heterocycles. The van der Waals surface area contributed by atoms with Crippen molar-refractivity contribution in [2.24, 2.45) is 11.8 Å². The van der Waals surface area contributed by atoms with Gasteiger partial charge in [0, 0.05) is 18.8 Å². The van der Waals surface area contributed by atoms with Crippen molar-refractivity contribution in [2.45, 2.75) is 104 Å². The fraction of sp³-hybridized carbons (Fsp3) is 0.700. The Balaban J connectivity index is 2.88. The number of ether oxygens (including phenoxy) is 1. The molecule has 0 bridgehead atoms. The number of esters is 1. The number of nitrogens with zero attached hydrogens (tertiary/aromatic N) is 1. The monoisotopic (exact) mass is 563 g/mol. The summed E-state index contributed by atoms with van der Waals surface area (Å²) in [5, 5.41) is 15.4. The molecule has 0 unspecified atom stereocenters. The predicted octanol–water partition coefficient (Wildman–Crippen LogP) is 3.19. The summed E-state index contributed by atoms with van der Waals surface area (Å²) in [6.45, 7) is 9.76. The molecule has 226 valence electrons. The van der Waals surface area contributed by atoms with E-state index in [1.54, 1.807) is 0 Å². The molecule has 0 radical (unpaired) electrons. The summed E-state index contributed by atoms with van der Waals surface area (Å²) in [5.74, 6) is -4.02. The number of cyclic esters (lactones) is 1. The van der Waals surface area contributed by atoms with Crippen LogP contribution in [0.1, 0.15) is 91.9 Å². The largest absolute Gasteiger partial charge is 0.460 e. The molecule has 1 rings (SSSR count). The first-order valence-electron chi connectivity index (χ1n) is 14.4. The van der Waals surface area contributed by atoms with Gasteiger partial charge >= 0.3 is 5.97 Å². The van der Waals surface area contributed by atoms with Crippen molar-refractivity contribution in [3.8, 4) is 0 Å².